The van der Waals surface area contributed by atoms with Gasteiger partial charge in [-0.25, -0.2) is 0 Å². The van der Waals surface area contributed by atoms with E-state index in [0.717, 1.165) is 13.2 Å². The van der Waals surface area contributed by atoms with Crippen LogP contribution in [-0.4, -0.2) is 24.8 Å². The van der Waals surface area contributed by atoms with Gasteiger partial charge in [-0.15, -0.1) is 0 Å². The number of hydrogen-bond acceptors (Lipinski definition) is 2. The van der Waals surface area contributed by atoms with Crippen LogP contribution in [0.15, 0.2) is 0 Å². The van der Waals surface area contributed by atoms with E-state index in [4.69, 9.17) is 4.74 Å². The van der Waals surface area contributed by atoms with Gasteiger partial charge in [0.05, 0.1) is 5.60 Å². The summed E-state index contributed by atoms with van der Waals surface area (Å²) >= 11 is 0. The van der Waals surface area contributed by atoms with Crippen molar-refractivity contribution in [3.05, 3.63) is 0 Å². The fourth-order valence-corrected chi connectivity index (χ4v) is 2.78. The monoisotopic (exact) mass is 255 g/mol. The minimum atomic E-state index is 0.133. The first-order valence-electron chi connectivity index (χ1n) is 8.06. The topological polar surface area (TPSA) is 21.3 Å². The van der Waals surface area contributed by atoms with E-state index < -0.39 is 0 Å². The average Bonchev–Trinajstić information content (AvgIpc) is 2.59. The van der Waals surface area contributed by atoms with Crippen LogP contribution in [0.4, 0.5) is 0 Å². The third-order valence-corrected chi connectivity index (χ3v) is 4.00. The maximum Gasteiger partial charge on any atom is 0.0806 e. The molecule has 0 atom stereocenters. The molecule has 0 spiro atoms. The van der Waals surface area contributed by atoms with E-state index in [1.807, 2.05) is 0 Å². The van der Waals surface area contributed by atoms with Crippen molar-refractivity contribution in [2.45, 2.75) is 90.2 Å². The quantitative estimate of drug-likeness (QED) is 0.516. The Balaban J connectivity index is 2.43. The Hall–Kier alpha value is -0.0800. The Morgan fingerprint density at radius 2 is 1.72 bits per heavy atom. The summed E-state index contributed by atoms with van der Waals surface area (Å²) in [7, 11) is 0. The number of rotatable bonds is 8. The standard InChI is InChI=1S/C16H33NO/c1-4-5-10-13-18-16(14-17-15(2)3)11-8-6-7-9-12-16/h15,17H,4-14H2,1-3H3. The van der Waals surface area contributed by atoms with Crippen molar-refractivity contribution in [1.29, 1.82) is 0 Å². The molecule has 1 N–H and O–H groups in total. The molecule has 0 aliphatic heterocycles. The molecule has 1 aliphatic rings. The van der Waals surface area contributed by atoms with E-state index in [9.17, 15) is 0 Å². The van der Waals surface area contributed by atoms with Gasteiger partial charge >= 0.3 is 0 Å². The smallest absolute Gasteiger partial charge is 0.0806 e. The Bertz CT molecular complexity index is 195. The van der Waals surface area contributed by atoms with Crippen LogP contribution < -0.4 is 5.32 Å². The zero-order chi connectivity index (χ0) is 13.3. The largest absolute Gasteiger partial charge is 0.374 e. The van der Waals surface area contributed by atoms with Crippen molar-refractivity contribution in [3.63, 3.8) is 0 Å². The second-order valence-electron chi connectivity index (χ2n) is 6.19. The molecule has 1 fully saturated rings. The third-order valence-electron chi connectivity index (χ3n) is 4.00. The van der Waals surface area contributed by atoms with E-state index in [1.54, 1.807) is 0 Å². The summed E-state index contributed by atoms with van der Waals surface area (Å²) < 4.78 is 6.34. The van der Waals surface area contributed by atoms with Gasteiger partial charge in [0.1, 0.15) is 0 Å². The molecular formula is C16H33NO. The molecule has 0 radical (unpaired) electrons. The van der Waals surface area contributed by atoms with Crippen LogP contribution in [0.3, 0.4) is 0 Å². The van der Waals surface area contributed by atoms with Gasteiger partial charge in [0.25, 0.3) is 0 Å². The highest BCUT2D eigenvalue weighted by Gasteiger charge is 2.31. The highest BCUT2D eigenvalue weighted by atomic mass is 16.5. The van der Waals surface area contributed by atoms with Crippen molar-refractivity contribution in [1.82, 2.24) is 5.32 Å². The number of ether oxygens (including phenoxy) is 1. The zero-order valence-corrected chi connectivity index (χ0v) is 12.8. The van der Waals surface area contributed by atoms with Crippen LogP contribution in [0.5, 0.6) is 0 Å². The normalized spacial score (nSPS) is 20.0. The van der Waals surface area contributed by atoms with Crippen LogP contribution in [-0.2, 0) is 4.74 Å². The lowest BCUT2D eigenvalue weighted by atomic mass is 9.93. The van der Waals surface area contributed by atoms with Crippen molar-refractivity contribution < 1.29 is 4.74 Å². The summed E-state index contributed by atoms with van der Waals surface area (Å²) in [4.78, 5) is 0. The first-order chi connectivity index (χ1) is 8.68. The molecule has 0 aromatic carbocycles. The summed E-state index contributed by atoms with van der Waals surface area (Å²) in [6.07, 6.45) is 11.8. The molecule has 108 valence electrons. The minimum absolute atomic E-state index is 0.133. The molecule has 2 heteroatoms. The highest BCUT2D eigenvalue weighted by molar-refractivity contribution is 4.86. The number of unbranched alkanes of at least 4 members (excludes halogenated alkanes) is 2. The van der Waals surface area contributed by atoms with E-state index in [0.29, 0.717) is 6.04 Å². The Kier molecular flexibility index (Phi) is 7.92. The van der Waals surface area contributed by atoms with Gasteiger partial charge in [-0.1, -0.05) is 59.3 Å². The molecule has 2 nitrogen and oxygen atoms in total. The first kappa shape index (κ1) is 16.0. The molecule has 1 rings (SSSR count). The van der Waals surface area contributed by atoms with Crippen LogP contribution >= 0.6 is 0 Å². The molecule has 0 bridgehead atoms. The van der Waals surface area contributed by atoms with Gasteiger partial charge in [-0.2, -0.15) is 0 Å². The first-order valence-corrected chi connectivity index (χ1v) is 8.06. The fourth-order valence-electron chi connectivity index (χ4n) is 2.78. The summed E-state index contributed by atoms with van der Waals surface area (Å²) in [6, 6.07) is 0.560. The lowest BCUT2D eigenvalue weighted by molar-refractivity contribution is -0.0572. The van der Waals surface area contributed by atoms with Crippen LogP contribution in [0.1, 0.15) is 78.6 Å². The average molecular weight is 255 g/mol. The SMILES string of the molecule is CCCCCOC1(CNC(C)C)CCCCCC1. The molecule has 0 unspecified atom stereocenters. The highest BCUT2D eigenvalue weighted by Crippen LogP contribution is 2.30. The Morgan fingerprint density at radius 1 is 1.06 bits per heavy atom. The second-order valence-corrected chi connectivity index (χ2v) is 6.19. The molecule has 0 heterocycles. The second kappa shape index (κ2) is 8.92. The molecule has 1 aliphatic carbocycles. The van der Waals surface area contributed by atoms with Crippen molar-refractivity contribution in [3.8, 4) is 0 Å². The molecule has 18 heavy (non-hydrogen) atoms. The van der Waals surface area contributed by atoms with Gasteiger partial charge in [0, 0.05) is 19.2 Å². The summed E-state index contributed by atoms with van der Waals surface area (Å²) in [5, 5.41) is 3.60. The van der Waals surface area contributed by atoms with Gasteiger partial charge in [0.2, 0.25) is 0 Å². The maximum atomic E-state index is 6.34. The molecule has 0 aromatic rings. The van der Waals surface area contributed by atoms with Crippen molar-refractivity contribution in [2.75, 3.05) is 13.2 Å². The van der Waals surface area contributed by atoms with Crippen molar-refractivity contribution >= 4 is 0 Å². The van der Waals surface area contributed by atoms with E-state index in [2.05, 4.69) is 26.1 Å². The third kappa shape index (κ3) is 6.19. The van der Waals surface area contributed by atoms with Crippen LogP contribution in [0, 0.1) is 0 Å². The van der Waals surface area contributed by atoms with Gasteiger partial charge in [-0.3, -0.25) is 0 Å². The molecule has 1 saturated carbocycles. The molecular weight excluding hydrogens is 222 g/mol. The van der Waals surface area contributed by atoms with Crippen LogP contribution in [0.2, 0.25) is 0 Å². The minimum Gasteiger partial charge on any atom is -0.374 e. The Morgan fingerprint density at radius 3 is 2.28 bits per heavy atom. The summed E-state index contributed by atoms with van der Waals surface area (Å²) in [5.74, 6) is 0. The van der Waals surface area contributed by atoms with E-state index >= 15 is 0 Å². The van der Waals surface area contributed by atoms with Gasteiger partial charge in [0.15, 0.2) is 0 Å². The van der Waals surface area contributed by atoms with E-state index in [-0.39, 0.29) is 5.60 Å². The number of nitrogens with one attached hydrogen (secondary N) is 1. The predicted molar refractivity (Wildman–Crippen MR) is 79.0 cm³/mol. The summed E-state index contributed by atoms with van der Waals surface area (Å²) in [6.45, 7) is 8.69. The summed E-state index contributed by atoms with van der Waals surface area (Å²) in [5.41, 5.74) is 0.133. The lowest BCUT2D eigenvalue weighted by Gasteiger charge is -2.34. The molecule has 0 aromatic heterocycles. The van der Waals surface area contributed by atoms with Gasteiger partial charge in [-0.05, 0) is 19.3 Å². The van der Waals surface area contributed by atoms with Crippen molar-refractivity contribution in [2.24, 2.45) is 0 Å². The van der Waals surface area contributed by atoms with Crippen LogP contribution in [0.25, 0.3) is 0 Å². The fraction of sp³-hybridized carbons (Fsp3) is 1.00. The molecule has 0 amide bonds. The Labute approximate surface area is 114 Å². The van der Waals surface area contributed by atoms with Gasteiger partial charge < -0.3 is 10.1 Å². The zero-order valence-electron chi connectivity index (χ0n) is 12.8. The molecule has 0 saturated heterocycles. The predicted octanol–water partition coefficient (Wildman–Crippen LogP) is 4.28. The van der Waals surface area contributed by atoms with E-state index in [1.165, 1.54) is 57.8 Å². The lowest BCUT2D eigenvalue weighted by Crippen LogP contribution is -2.45. The maximum absolute atomic E-state index is 6.34. The number of hydrogen-bond donors (Lipinski definition) is 1.